The summed E-state index contributed by atoms with van der Waals surface area (Å²) in [6.07, 6.45) is 3.88. The summed E-state index contributed by atoms with van der Waals surface area (Å²) in [5, 5.41) is 1.27. The molecule has 0 saturated heterocycles. The van der Waals surface area contributed by atoms with Gasteiger partial charge in [0.2, 0.25) is 0 Å². The third-order valence-corrected chi connectivity index (χ3v) is 2.99. The Morgan fingerprint density at radius 3 is 3.27 bits per heavy atom. The predicted octanol–water partition coefficient (Wildman–Crippen LogP) is 1.60. The minimum atomic E-state index is 0.672. The van der Waals surface area contributed by atoms with Crippen molar-refractivity contribution in [2.45, 2.75) is 12.8 Å². The molecule has 3 rings (SSSR count). The molecule has 1 aliphatic rings. The molecule has 1 aromatic heterocycles. The Bertz CT molecular complexity index is 502. The van der Waals surface area contributed by atoms with Gasteiger partial charge < -0.3 is 15.5 Å². The Labute approximate surface area is 88.2 Å². The third-order valence-electron chi connectivity index (χ3n) is 2.99. The van der Waals surface area contributed by atoms with Gasteiger partial charge in [0, 0.05) is 23.6 Å². The molecule has 0 amide bonds. The highest BCUT2D eigenvalue weighted by Gasteiger charge is 2.19. The van der Waals surface area contributed by atoms with E-state index in [9.17, 15) is 0 Å². The van der Waals surface area contributed by atoms with Crippen molar-refractivity contribution in [1.82, 2.24) is 4.98 Å². The van der Waals surface area contributed by atoms with Crippen LogP contribution in [0.1, 0.15) is 11.1 Å². The molecular formula is C12H14N2O. The molecule has 3 nitrogen and oxygen atoms in total. The molecule has 0 unspecified atom stereocenters. The topological polar surface area (TPSA) is 51.0 Å². The first-order valence-corrected chi connectivity index (χ1v) is 5.35. The van der Waals surface area contributed by atoms with Crippen molar-refractivity contribution in [3.05, 3.63) is 29.5 Å². The van der Waals surface area contributed by atoms with Gasteiger partial charge in [0.15, 0.2) is 0 Å². The lowest BCUT2D eigenvalue weighted by atomic mass is 10.0. The number of hydrogen-bond acceptors (Lipinski definition) is 2. The summed E-state index contributed by atoms with van der Waals surface area (Å²) in [5.41, 5.74) is 9.40. The van der Waals surface area contributed by atoms with Gasteiger partial charge in [0.05, 0.1) is 12.1 Å². The van der Waals surface area contributed by atoms with Crippen LogP contribution in [-0.2, 0) is 12.8 Å². The second-order valence-electron chi connectivity index (χ2n) is 3.92. The second kappa shape index (κ2) is 3.28. The molecule has 1 aliphatic heterocycles. The van der Waals surface area contributed by atoms with Crippen LogP contribution in [0.2, 0.25) is 0 Å². The number of aromatic nitrogens is 1. The van der Waals surface area contributed by atoms with Crippen molar-refractivity contribution < 1.29 is 4.74 Å². The van der Waals surface area contributed by atoms with Crippen molar-refractivity contribution in [2.75, 3.05) is 13.2 Å². The number of benzene rings is 1. The van der Waals surface area contributed by atoms with E-state index in [1.165, 1.54) is 22.0 Å². The molecule has 0 atom stereocenters. The Balaban J connectivity index is 2.27. The maximum Gasteiger partial charge on any atom is 0.127 e. The summed E-state index contributed by atoms with van der Waals surface area (Å²) < 4.78 is 5.68. The van der Waals surface area contributed by atoms with Gasteiger partial charge in [0.1, 0.15) is 5.75 Å². The van der Waals surface area contributed by atoms with Crippen molar-refractivity contribution in [1.29, 1.82) is 0 Å². The van der Waals surface area contributed by atoms with Crippen LogP contribution in [0, 0.1) is 0 Å². The Morgan fingerprint density at radius 1 is 1.47 bits per heavy atom. The van der Waals surface area contributed by atoms with Gasteiger partial charge in [0.25, 0.3) is 0 Å². The van der Waals surface area contributed by atoms with E-state index in [2.05, 4.69) is 17.1 Å². The molecule has 1 aromatic carbocycles. The van der Waals surface area contributed by atoms with Crippen LogP contribution >= 0.6 is 0 Å². The molecule has 0 radical (unpaired) electrons. The SMILES string of the molecule is NCCc1cc2cc[nH]c2c2c1OCC2. The molecule has 78 valence electrons. The number of fused-ring (bicyclic) bond motifs is 3. The Morgan fingerprint density at radius 2 is 2.40 bits per heavy atom. The fraction of sp³-hybridized carbons (Fsp3) is 0.333. The number of hydrogen-bond donors (Lipinski definition) is 2. The van der Waals surface area contributed by atoms with Crippen LogP contribution in [0.25, 0.3) is 10.9 Å². The van der Waals surface area contributed by atoms with Gasteiger partial charge in [-0.15, -0.1) is 0 Å². The summed E-state index contributed by atoms with van der Waals surface area (Å²) in [4.78, 5) is 3.28. The minimum Gasteiger partial charge on any atom is -0.493 e. The zero-order valence-corrected chi connectivity index (χ0v) is 8.55. The van der Waals surface area contributed by atoms with E-state index in [0.717, 1.165) is 25.2 Å². The zero-order chi connectivity index (χ0) is 10.3. The molecule has 0 fully saturated rings. The van der Waals surface area contributed by atoms with Crippen LogP contribution in [0.4, 0.5) is 0 Å². The molecule has 3 N–H and O–H groups in total. The van der Waals surface area contributed by atoms with Crippen molar-refractivity contribution in [3.63, 3.8) is 0 Å². The standard InChI is InChI=1S/C12H14N2O/c13-4-1-9-7-8-2-5-14-11(8)10-3-6-15-12(9)10/h2,5,7,14H,1,3-4,6,13H2. The van der Waals surface area contributed by atoms with E-state index >= 15 is 0 Å². The maximum absolute atomic E-state index is 5.68. The molecule has 0 saturated carbocycles. The number of rotatable bonds is 2. The average molecular weight is 202 g/mol. The highest BCUT2D eigenvalue weighted by molar-refractivity contribution is 5.86. The quantitative estimate of drug-likeness (QED) is 0.777. The first kappa shape index (κ1) is 8.80. The molecule has 2 aromatic rings. The van der Waals surface area contributed by atoms with Crippen molar-refractivity contribution in [3.8, 4) is 5.75 Å². The number of ether oxygens (including phenoxy) is 1. The Hall–Kier alpha value is -1.48. The van der Waals surface area contributed by atoms with Crippen molar-refractivity contribution >= 4 is 10.9 Å². The number of nitrogens with one attached hydrogen (secondary N) is 1. The molecule has 2 heterocycles. The fourth-order valence-electron chi connectivity index (χ4n) is 2.34. The average Bonchev–Trinajstić information content (AvgIpc) is 2.84. The molecular weight excluding hydrogens is 188 g/mol. The predicted molar refractivity (Wildman–Crippen MR) is 60.3 cm³/mol. The van der Waals surface area contributed by atoms with E-state index in [0.29, 0.717) is 6.54 Å². The van der Waals surface area contributed by atoms with Gasteiger partial charge in [-0.05, 0) is 30.7 Å². The maximum atomic E-state index is 5.68. The minimum absolute atomic E-state index is 0.672. The summed E-state index contributed by atoms with van der Waals surface area (Å²) in [7, 11) is 0. The van der Waals surface area contributed by atoms with Crippen LogP contribution < -0.4 is 10.5 Å². The molecule has 0 bridgehead atoms. The lowest BCUT2D eigenvalue weighted by Crippen LogP contribution is -2.04. The lowest BCUT2D eigenvalue weighted by molar-refractivity contribution is 0.353. The Kier molecular flexibility index (Phi) is 1.92. The van der Waals surface area contributed by atoms with E-state index in [4.69, 9.17) is 10.5 Å². The smallest absolute Gasteiger partial charge is 0.127 e. The van der Waals surface area contributed by atoms with Gasteiger partial charge in [-0.2, -0.15) is 0 Å². The molecule has 3 heteroatoms. The fourth-order valence-corrected chi connectivity index (χ4v) is 2.34. The first-order valence-electron chi connectivity index (χ1n) is 5.35. The van der Waals surface area contributed by atoms with E-state index in [-0.39, 0.29) is 0 Å². The molecule has 0 spiro atoms. The molecule has 0 aliphatic carbocycles. The summed E-state index contributed by atoms with van der Waals surface area (Å²) in [6.45, 7) is 1.47. The van der Waals surface area contributed by atoms with Crippen LogP contribution in [-0.4, -0.2) is 18.1 Å². The lowest BCUT2D eigenvalue weighted by Gasteiger charge is -2.07. The summed E-state index contributed by atoms with van der Waals surface area (Å²) >= 11 is 0. The first-order chi connectivity index (χ1) is 7.40. The van der Waals surface area contributed by atoms with Gasteiger partial charge in [-0.1, -0.05) is 0 Å². The van der Waals surface area contributed by atoms with Gasteiger partial charge in [-0.3, -0.25) is 0 Å². The highest BCUT2D eigenvalue weighted by Crippen LogP contribution is 2.35. The van der Waals surface area contributed by atoms with Crippen molar-refractivity contribution in [2.24, 2.45) is 5.73 Å². The number of aromatic amines is 1. The third kappa shape index (κ3) is 1.23. The van der Waals surface area contributed by atoms with E-state index in [1.54, 1.807) is 0 Å². The van der Waals surface area contributed by atoms with E-state index in [1.807, 2.05) is 6.20 Å². The summed E-state index contributed by atoms with van der Waals surface area (Å²) in [6, 6.07) is 4.29. The number of H-pyrrole nitrogens is 1. The van der Waals surface area contributed by atoms with E-state index < -0.39 is 0 Å². The highest BCUT2D eigenvalue weighted by atomic mass is 16.5. The normalized spacial score (nSPS) is 14.2. The van der Waals surface area contributed by atoms with Crippen LogP contribution in [0.5, 0.6) is 5.75 Å². The van der Waals surface area contributed by atoms with Gasteiger partial charge >= 0.3 is 0 Å². The largest absolute Gasteiger partial charge is 0.493 e. The zero-order valence-electron chi connectivity index (χ0n) is 8.55. The second-order valence-corrected chi connectivity index (χ2v) is 3.92. The molecule has 15 heavy (non-hydrogen) atoms. The summed E-state index contributed by atoms with van der Waals surface area (Å²) in [5.74, 6) is 1.07. The van der Waals surface area contributed by atoms with Gasteiger partial charge in [-0.25, -0.2) is 0 Å². The van der Waals surface area contributed by atoms with Crippen LogP contribution in [0.3, 0.4) is 0 Å². The number of nitrogens with two attached hydrogens (primary N) is 1. The monoisotopic (exact) mass is 202 g/mol. The van der Waals surface area contributed by atoms with Crippen LogP contribution in [0.15, 0.2) is 18.3 Å².